The number of rotatable bonds is 5. The van der Waals surface area contributed by atoms with Crippen molar-refractivity contribution in [3.8, 4) is 0 Å². The number of sulfonamides is 1. The lowest BCUT2D eigenvalue weighted by Gasteiger charge is -2.13. The summed E-state index contributed by atoms with van der Waals surface area (Å²) in [5.74, 6) is -0.785. The SMILES string of the molecule is O=C1c2ccccc2C(=O)N1CCNS(=O)(=O)c1cccs1. The average molecular weight is 336 g/mol. The van der Waals surface area contributed by atoms with E-state index in [0.29, 0.717) is 11.1 Å². The lowest BCUT2D eigenvalue weighted by atomic mass is 10.1. The number of amides is 2. The van der Waals surface area contributed by atoms with Gasteiger partial charge in [0, 0.05) is 13.1 Å². The summed E-state index contributed by atoms with van der Waals surface area (Å²) in [5.41, 5.74) is 0.710. The number of hydrogen-bond donors (Lipinski definition) is 1. The monoisotopic (exact) mass is 336 g/mol. The van der Waals surface area contributed by atoms with Gasteiger partial charge in [-0.15, -0.1) is 11.3 Å². The number of hydrogen-bond acceptors (Lipinski definition) is 5. The van der Waals surface area contributed by atoms with Crippen LogP contribution in [0.3, 0.4) is 0 Å². The molecule has 22 heavy (non-hydrogen) atoms. The fraction of sp³-hybridized carbons (Fsp3) is 0.143. The van der Waals surface area contributed by atoms with Crippen molar-refractivity contribution in [2.45, 2.75) is 4.21 Å². The highest BCUT2D eigenvalue weighted by molar-refractivity contribution is 7.91. The lowest BCUT2D eigenvalue weighted by Crippen LogP contribution is -2.37. The van der Waals surface area contributed by atoms with E-state index in [1.54, 1.807) is 35.7 Å². The van der Waals surface area contributed by atoms with Gasteiger partial charge in [-0.1, -0.05) is 18.2 Å². The van der Waals surface area contributed by atoms with E-state index in [1.807, 2.05) is 0 Å². The molecule has 1 aliphatic heterocycles. The van der Waals surface area contributed by atoms with E-state index >= 15 is 0 Å². The van der Waals surface area contributed by atoms with E-state index < -0.39 is 21.8 Å². The van der Waals surface area contributed by atoms with Crippen molar-refractivity contribution in [1.82, 2.24) is 9.62 Å². The summed E-state index contributed by atoms with van der Waals surface area (Å²) in [7, 11) is -3.59. The second kappa shape index (κ2) is 5.64. The van der Waals surface area contributed by atoms with E-state index in [9.17, 15) is 18.0 Å². The van der Waals surface area contributed by atoms with Crippen LogP contribution in [0.25, 0.3) is 0 Å². The molecular weight excluding hydrogens is 324 g/mol. The van der Waals surface area contributed by atoms with Gasteiger partial charge < -0.3 is 0 Å². The Labute approximate surface area is 131 Å². The maximum Gasteiger partial charge on any atom is 0.261 e. The summed E-state index contributed by atoms with van der Waals surface area (Å²) >= 11 is 1.11. The molecule has 0 unspecified atom stereocenters. The number of nitrogens with one attached hydrogen (secondary N) is 1. The van der Waals surface area contributed by atoms with Gasteiger partial charge in [0.05, 0.1) is 11.1 Å². The van der Waals surface area contributed by atoms with Crippen LogP contribution in [0.15, 0.2) is 46.0 Å². The maximum absolute atomic E-state index is 12.1. The quantitative estimate of drug-likeness (QED) is 0.835. The van der Waals surface area contributed by atoms with Gasteiger partial charge in [-0.2, -0.15) is 0 Å². The maximum atomic E-state index is 12.1. The van der Waals surface area contributed by atoms with Gasteiger partial charge in [-0.3, -0.25) is 14.5 Å². The molecule has 0 aliphatic carbocycles. The van der Waals surface area contributed by atoms with E-state index in [0.717, 1.165) is 16.2 Å². The van der Waals surface area contributed by atoms with Crippen LogP contribution in [0, 0.1) is 0 Å². The highest BCUT2D eigenvalue weighted by atomic mass is 32.2. The molecule has 0 fully saturated rings. The van der Waals surface area contributed by atoms with Crippen molar-refractivity contribution in [1.29, 1.82) is 0 Å². The number of nitrogens with zero attached hydrogens (tertiary/aromatic N) is 1. The molecule has 6 nitrogen and oxygen atoms in total. The summed E-state index contributed by atoms with van der Waals surface area (Å²) < 4.78 is 26.5. The summed E-state index contributed by atoms with van der Waals surface area (Å²) in [6, 6.07) is 9.69. The summed E-state index contributed by atoms with van der Waals surface area (Å²) in [6.45, 7) is -0.0251. The fourth-order valence-corrected chi connectivity index (χ4v) is 4.28. The summed E-state index contributed by atoms with van der Waals surface area (Å²) in [5, 5.41) is 1.67. The van der Waals surface area contributed by atoms with Crippen molar-refractivity contribution in [2.75, 3.05) is 13.1 Å². The van der Waals surface area contributed by atoms with Crippen LogP contribution < -0.4 is 4.72 Å². The number of benzene rings is 1. The molecule has 114 valence electrons. The first-order valence-electron chi connectivity index (χ1n) is 6.49. The largest absolute Gasteiger partial charge is 0.273 e. The standard InChI is InChI=1S/C14H12N2O4S2/c17-13-10-4-1-2-5-11(10)14(18)16(13)8-7-15-22(19,20)12-6-3-9-21-12/h1-6,9,15H,7-8H2. The molecule has 2 amide bonds. The van der Waals surface area contributed by atoms with Gasteiger partial charge in [0.25, 0.3) is 11.8 Å². The van der Waals surface area contributed by atoms with Crippen LogP contribution in [0.1, 0.15) is 20.7 Å². The Kier molecular flexibility index (Phi) is 3.81. The van der Waals surface area contributed by atoms with Gasteiger partial charge in [-0.25, -0.2) is 13.1 Å². The highest BCUT2D eigenvalue weighted by Crippen LogP contribution is 2.22. The molecular formula is C14H12N2O4S2. The van der Waals surface area contributed by atoms with Crippen LogP contribution in [0.2, 0.25) is 0 Å². The zero-order valence-corrected chi connectivity index (χ0v) is 13.0. The second-order valence-electron chi connectivity index (χ2n) is 4.64. The third-order valence-corrected chi connectivity index (χ3v) is 6.12. The molecule has 1 aromatic heterocycles. The summed E-state index contributed by atoms with van der Waals surface area (Å²) in [6.07, 6.45) is 0. The van der Waals surface area contributed by atoms with Gasteiger partial charge >= 0.3 is 0 Å². The molecule has 2 heterocycles. The molecule has 1 aromatic carbocycles. The molecule has 2 aromatic rings. The molecule has 3 rings (SSSR count). The molecule has 0 bridgehead atoms. The van der Waals surface area contributed by atoms with E-state index in [2.05, 4.69) is 4.72 Å². The van der Waals surface area contributed by atoms with Crippen LogP contribution in [0.4, 0.5) is 0 Å². The lowest BCUT2D eigenvalue weighted by molar-refractivity contribution is 0.0657. The normalized spacial score (nSPS) is 14.5. The number of fused-ring (bicyclic) bond motifs is 1. The smallest absolute Gasteiger partial charge is 0.261 e. The van der Waals surface area contributed by atoms with Crippen LogP contribution in [0.5, 0.6) is 0 Å². The van der Waals surface area contributed by atoms with Crippen molar-refractivity contribution < 1.29 is 18.0 Å². The second-order valence-corrected chi connectivity index (χ2v) is 7.58. The fourth-order valence-electron chi connectivity index (χ4n) is 2.22. The Morgan fingerprint density at radius 1 is 1.00 bits per heavy atom. The van der Waals surface area contributed by atoms with E-state index in [1.165, 1.54) is 6.07 Å². The Hall–Kier alpha value is -2.03. The average Bonchev–Trinajstić information content (AvgIpc) is 3.12. The highest BCUT2D eigenvalue weighted by Gasteiger charge is 2.34. The predicted molar refractivity (Wildman–Crippen MR) is 81.3 cm³/mol. The third kappa shape index (κ3) is 2.56. The molecule has 0 spiro atoms. The van der Waals surface area contributed by atoms with E-state index in [4.69, 9.17) is 0 Å². The molecule has 0 atom stereocenters. The Morgan fingerprint density at radius 2 is 1.64 bits per heavy atom. The minimum absolute atomic E-state index is 0.00302. The van der Waals surface area contributed by atoms with Crippen molar-refractivity contribution in [3.63, 3.8) is 0 Å². The minimum atomic E-state index is -3.59. The van der Waals surface area contributed by atoms with Crippen molar-refractivity contribution >= 4 is 33.2 Å². The Balaban J connectivity index is 1.67. The third-order valence-electron chi connectivity index (χ3n) is 3.27. The van der Waals surface area contributed by atoms with Crippen molar-refractivity contribution in [3.05, 3.63) is 52.9 Å². The first-order valence-corrected chi connectivity index (χ1v) is 8.85. The number of thiophene rings is 1. The number of carbonyl (C=O) groups is 2. The van der Waals surface area contributed by atoms with Crippen LogP contribution >= 0.6 is 11.3 Å². The van der Waals surface area contributed by atoms with Gasteiger partial charge in [0.1, 0.15) is 4.21 Å². The first-order chi connectivity index (χ1) is 10.5. The number of imide groups is 1. The van der Waals surface area contributed by atoms with Gasteiger partial charge in [0.2, 0.25) is 10.0 Å². The van der Waals surface area contributed by atoms with E-state index in [-0.39, 0.29) is 17.3 Å². The predicted octanol–water partition coefficient (Wildman–Crippen LogP) is 1.32. The minimum Gasteiger partial charge on any atom is -0.273 e. The molecule has 1 N–H and O–H groups in total. The Morgan fingerprint density at radius 3 is 2.18 bits per heavy atom. The molecule has 0 radical (unpaired) electrons. The van der Waals surface area contributed by atoms with Crippen LogP contribution in [-0.2, 0) is 10.0 Å². The zero-order chi connectivity index (χ0) is 15.7. The van der Waals surface area contributed by atoms with Crippen LogP contribution in [-0.4, -0.2) is 38.2 Å². The molecule has 1 aliphatic rings. The topological polar surface area (TPSA) is 83.6 Å². The van der Waals surface area contributed by atoms with Gasteiger partial charge in [-0.05, 0) is 23.6 Å². The zero-order valence-electron chi connectivity index (χ0n) is 11.4. The summed E-state index contributed by atoms with van der Waals surface area (Å²) in [4.78, 5) is 25.3. The van der Waals surface area contributed by atoms with Crippen molar-refractivity contribution in [2.24, 2.45) is 0 Å². The van der Waals surface area contributed by atoms with Gasteiger partial charge in [0.15, 0.2) is 0 Å². The Bertz CT molecular complexity index is 793. The molecule has 0 saturated heterocycles. The number of carbonyl (C=O) groups excluding carboxylic acids is 2. The molecule has 8 heteroatoms. The molecule has 0 saturated carbocycles. The first kappa shape index (κ1) is 14.9.